The van der Waals surface area contributed by atoms with Crippen molar-refractivity contribution in [2.24, 2.45) is 0 Å². The van der Waals surface area contributed by atoms with Crippen molar-refractivity contribution in [1.82, 2.24) is 9.80 Å². The van der Waals surface area contributed by atoms with E-state index < -0.39 is 18.1 Å². The van der Waals surface area contributed by atoms with E-state index in [0.29, 0.717) is 13.1 Å². The first-order chi connectivity index (χ1) is 6.02. The van der Waals surface area contributed by atoms with Gasteiger partial charge in [0.05, 0.1) is 6.54 Å². The van der Waals surface area contributed by atoms with E-state index in [1.807, 2.05) is 0 Å². The molecule has 1 aliphatic rings. The molecule has 1 fully saturated rings. The number of amides is 1. The first kappa shape index (κ1) is 9.79. The highest BCUT2D eigenvalue weighted by molar-refractivity contribution is 5.75. The molecule has 0 aromatic heterocycles. The number of likely N-dealkylation sites (N-methyl/N-ethyl adjacent to an activating group) is 1. The zero-order valence-corrected chi connectivity index (χ0v) is 7.30. The number of nitrogens with zero attached hydrogens (tertiary/aromatic N) is 2. The predicted octanol–water partition coefficient (Wildman–Crippen LogP) is -0.635. The molecule has 1 heterocycles. The summed E-state index contributed by atoms with van der Waals surface area (Å²) >= 11 is 0. The molecule has 0 saturated carbocycles. The molecule has 74 valence electrons. The second-order valence-corrected chi connectivity index (χ2v) is 3.06. The Kier molecular flexibility index (Phi) is 2.72. The molecule has 2 N–H and O–H groups in total. The molecule has 6 nitrogen and oxygen atoms in total. The van der Waals surface area contributed by atoms with Crippen LogP contribution in [0.2, 0.25) is 0 Å². The van der Waals surface area contributed by atoms with Gasteiger partial charge < -0.3 is 15.1 Å². The molecule has 1 atom stereocenters. The summed E-state index contributed by atoms with van der Waals surface area (Å²) < 4.78 is 0. The fourth-order valence-electron chi connectivity index (χ4n) is 1.31. The molecule has 6 heteroatoms. The highest BCUT2D eigenvalue weighted by atomic mass is 16.4. The van der Waals surface area contributed by atoms with Gasteiger partial charge in [0.15, 0.2) is 0 Å². The van der Waals surface area contributed by atoms with Crippen LogP contribution >= 0.6 is 0 Å². The maximum Gasteiger partial charge on any atom is 0.407 e. The van der Waals surface area contributed by atoms with Gasteiger partial charge in [-0.05, 0) is 7.05 Å². The van der Waals surface area contributed by atoms with Crippen molar-refractivity contribution in [1.29, 1.82) is 0 Å². The lowest BCUT2D eigenvalue weighted by atomic mass is 10.2. The molecule has 0 bridgehead atoms. The Labute approximate surface area is 75.4 Å². The summed E-state index contributed by atoms with van der Waals surface area (Å²) in [5.74, 6) is -0.978. The summed E-state index contributed by atoms with van der Waals surface area (Å²) in [6.45, 7) is 0.875. The Morgan fingerprint density at radius 1 is 1.31 bits per heavy atom. The van der Waals surface area contributed by atoms with Gasteiger partial charge in [-0.3, -0.25) is 9.69 Å². The topological polar surface area (TPSA) is 81.1 Å². The Morgan fingerprint density at radius 3 is 2.38 bits per heavy atom. The normalized spacial score (nSPS) is 24.4. The number of rotatable bonds is 1. The number of piperazine rings is 1. The lowest BCUT2D eigenvalue weighted by Gasteiger charge is -2.35. The van der Waals surface area contributed by atoms with Crippen LogP contribution < -0.4 is 0 Å². The lowest BCUT2D eigenvalue weighted by Crippen LogP contribution is -2.55. The SMILES string of the molecule is CN1CCN(C(=O)O)CC1C(=O)O. The summed E-state index contributed by atoms with van der Waals surface area (Å²) in [6, 6.07) is -0.718. The zero-order chi connectivity index (χ0) is 10.0. The first-order valence-corrected chi connectivity index (χ1v) is 3.93. The third-order valence-electron chi connectivity index (χ3n) is 2.20. The molecule has 0 aromatic carbocycles. The van der Waals surface area contributed by atoms with Crippen LogP contribution in [-0.4, -0.2) is 64.8 Å². The van der Waals surface area contributed by atoms with Crippen LogP contribution in [0, 0.1) is 0 Å². The van der Waals surface area contributed by atoms with Crippen molar-refractivity contribution in [3.05, 3.63) is 0 Å². The van der Waals surface area contributed by atoms with Gasteiger partial charge in [0.2, 0.25) is 0 Å². The van der Waals surface area contributed by atoms with Crippen molar-refractivity contribution in [2.75, 3.05) is 26.7 Å². The Hall–Kier alpha value is -1.30. The van der Waals surface area contributed by atoms with Gasteiger partial charge in [0, 0.05) is 13.1 Å². The highest BCUT2D eigenvalue weighted by Crippen LogP contribution is 2.07. The molecular formula is C7H12N2O4. The third-order valence-corrected chi connectivity index (χ3v) is 2.20. The number of hydrogen-bond acceptors (Lipinski definition) is 3. The molecule has 13 heavy (non-hydrogen) atoms. The molecular weight excluding hydrogens is 176 g/mol. The number of carboxylic acid groups (broad SMARTS) is 2. The standard InChI is InChI=1S/C7H12N2O4/c1-8-2-3-9(7(12)13)4-5(8)6(10)11/h5H,2-4H2,1H3,(H,10,11)(H,12,13). The van der Waals surface area contributed by atoms with Crippen LogP contribution in [0.1, 0.15) is 0 Å². The Morgan fingerprint density at radius 2 is 1.92 bits per heavy atom. The minimum Gasteiger partial charge on any atom is -0.480 e. The molecule has 0 spiro atoms. The van der Waals surface area contributed by atoms with Gasteiger partial charge in [-0.15, -0.1) is 0 Å². The maximum absolute atomic E-state index is 10.7. The Balaban J connectivity index is 2.63. The quantitative estimate of drug-likeness (QED) is 0.572. The van der Waals surface area contributed by atoms with Crippen LogP contribution in [0.25, 0.3) is 0 Å². The summed E-state index contributed by atoms with van der Waals surface area (Å²) in [6.07, 6.45) is -1.06. The van der Waals surface area contributed by atoms with Crippen molar-refractivity contribution < 1.29 is 19.8 Å². The van der Waals surface area contributed by atoms with Crippen molar-refractivity contribution >= 4 is 12.1 Å². The van der Waals surface area contributed by atoms with E-state index in [2.05, 4.69) is 0 Å². The summed E-state index contributed by atoms with van der Waals surface area (Å²) in [4.78, 5) is 24.0. The summed E-state index contributed by atoms with van der Waals surface area (Å²) in [5.41, 5.74) is 0. The van der Waals surface area contributed by atoms with Crippen LogP contribution in [0.3, 0.4) is 0 Å². The molecule has 0 aliphatic carbocycles. The van der Waals surface area contributed by atoms with E-state index in [-0.39, 0.29) is 6.54 Å². The summed E-state index contributed by atoms with van der Waals surface area (Å²) in [5, 5.41) is 17.4. The maximum atomic E-state index is 10.7. The average Bonchev–Trinajstić information content (AvgIpc) is 2.04. The van der Waals surface area contributed by atoms with Gasteiger partial charge >= 0.3 is 12.1 Å². The second kappa shape index (κ2) is 3.61. The van der Waals surface area contributed by atoms with Crippen LogP contribution in [0.15, 0.2) is 0 Å². The Bertz CT molecular complexity index is 231. The average molecular weight is 188 g/mol. The molecule has 1 rings (SSSR count). The number of carbonyl (C=O) groups is 2. The van der Waals surface area contributed by atoms with Crippen molar-refractivity contribution in [2.45, 2.75) is 6.04 Å². The minimum absolute atomic E-state index is 0.0428. The molecule has 1 saturated heterocycles. The van der Waals surface area contributed by atoms with E-state index in [1.165, 1.54) is 0 Å². The van der Waals surface area contributed by atoms with Gasteiger partial charge in [-0.25, -0.2) is 4.79 Å². The van der Waals surface area contributed by atoms with E-state index in [4.69, 9.17) is 10.2 Å². The zero-order valence-electron chi connectivity index (χ0n) is 7.30. The van der Waals surface area contributed by atoms with Crippen molar-refractivity contribution in [3.8, 4) is 0 Å². The lowest BCUT2D eigenvalue weighted by molar-refractivity contribution is -0.144. The van der Waals surface area contributed by atoms with Gasteiger partial charge in [0.1, 0.15) is 6.04 Å². The molecule has 1 amide bonds. The first-order valence-electron chi connectivity index (χ1n) is 3.93. The van der Waals surface area contributed by atoms with Gasteiger partial charge in [0.25, 0.3) is 0 Å². The van der Waals surface area contributed by atoms with Gasteiger partial charge in [-0.1, -0.05) is 0 Å². The van der Waals surface area contributed by atoms with Gasteiger partial charge in [-0.2, -0.15) is 0 Å². The number of hydrogen-bond donors (Lipinski definition) is 2. The molecule has 1 aliphatic heterocycles. The smallest absolute Gasteiger partial charge is 0.407 e. The third kappa shape index (κ3) is 2.09. The summed E-state index contributed by atoms with van der Waals surface area (Å²) in [7, 11) is 1.68. The van der Waals surface area contributed by atoms with Crippen molar-refractivity contribution in [3.63, 3.8) is 0 Å². The predicted molar refractivity (Wildman–Crippen MR) is 43.7 cm³/mol. The molecule has 1 unspecified atom stereocenters. The fourth-order valence-corrected chi connectivity index (χ4v) is 1.31. The number of carboxylic acids is 1. The highest BCUT2D eigenvalue weighted by Gasteiger charge is 2.31. The van der Waals surface area contributed by atoms with Crippen LogP contribution in [0.5, 0.6) is 0 Å². The van der Waals surface area contributed by atoms with E-state index in [1.54, 1.807) is 11.9 Å². The molecule has 0 aromatic rings. The van der Waals surface area contributed by atoms with E-state index >= 15 is 0 Å². The van der Waals surface area contributed by atoms with E-state index in [9.17, 15) is 9.59 Å². The monoisotopic (exact) mass is 188 g/mol. The largest absolute Gasteiger partial charge is 0.480 e. The van der Waals surface area contributed by atoms with E-state index in [0.717, 1.165) is 4.90 Å². The second-order valence-electron chi connectivity index (χ2n) is 3.06. The molecule has 0 radical (unpaired) electrons. The number of aliphatic carboxylic acids is 1. The van der Waals surface area contributed by atoms with Crippen LogP contribution in [-0.2, 0) is 4.79 Å². The minimum atomic E-state index is -1.06. The fraction of sp³-hybridized carbons (Fsp3) is 0.714. The van der Waals surface area contributed by atoms with Crippen LogP contribution in [0.4, 0.5) is 4.79 Å².